The Bertz CT molecular complexity index is 1720. The lowest BCUT2D eigenvalue weighted by Gasteiger charge is -2.06. The number of pyridine rings is 1. The minimum atomic E-state index is -0.389. The summed E-state index contributed by atoms with van der Waals surface area (Å²) >= 11 is 0. The standard InChI is InChI=1S/C25H20FN7O2/c1-33-11-17(21(12-34)32-33)18-6-7-20-23(27-18)24(31-30-20)25-28-19-5-3-4-16(22(19)29-25)13-8-14(26)10-15(9-13)35-2/h3-11,34H,12H2,1-2H3,(H,28,29)(H,30,31). The molecule has 4 heterocycles. The second-order valence-electron chi connectivity index (χ2n) is 8.15. The smallest absolute Gasteiger partial charge is 0.161 e. The average Bonchev–Trinajstić information content (AvgIpc) is 3.58. The molecule has 0 fully saturated rings. The van der Waals surface area contributed by atoms with Gasteiger partial charge in [0, 0.05) is 30.4 Å². The molecule has 6 aromatic rings. The zero-order valence-corrected chi connectivity index (χ0v) is 18.9. The Kier molecular flexibility index (Phi) is 4.82. The molecule has 35 heavy (non-hydrogen) atoms. The summed E-state index contributed by atoms with van der Waals surface area (Å²) in [4.78, 5) is 12.9. The summed E-state index contributed by atoms with van der Waals surface area (Å²) in [7, 11) is 3.30. The van der Waals surface area contributed by atoms with E-state index in [1.54, 1.807) is 17.8 Å². The highest BCUT2D eigenvalue weighted by molar-refractivity contribution is 5.96. The van der Waals surface area contributed by atoms with Crippen LogP contribution in [0.25, 0.3) is 56.0 Å². The van der Waals surface area contributed by atoms with Crippen LogP contribution in [-0.4, -0.2) is 47.1 Å². The van der Waals surface area contributed by atoms with Gasteiger partial charge in [0.15, 0.2) is 11.5 Å². The molecule has 6 rings (SSSR count). The summed E-state index contributed by atoms with van der Waals surface area (Å²) in [5.41, 5.74) is 6.76. The second kappa shape index (κ2) is 8.03. The van der Waals surface area contributed by atoms with Crippen molar-refractivity contribution in [1.82, 2.24) is 34.9 Å². The number of benzene rings is 2. The van der Waals surface area contributed by atoms with E-state index in [1.807, 2.05) is 36.5 Å². The lowest BCUT2D eigenvalue weighted by atomic mass is 10.0. The highest BCUT2D eigenvalue weighted by atomic mass is 19.1. The van der Waals surface area contributed by atoms with Gasteiger partial charge >= 0.3 is 0 Å². The van der Waals surface area contributed by atoms with Gasteiger partial charge in [-0.2, -0.15) is 10.2 Å². The maximum absolute atomic E-state index is 14.2. The third kappa shape index (κ3) is 3.51. The van der Waals surface area contributed by atoms with Gasteiger partial charge in [0.2, 0.25) is 0 Å². The van der Waals surface area contributed by atoms with E-state index in [0.717, 1.165) is 22.2 Å². The maximum Gasteiger partial charge on any atom is 0.161 e. The first-order valence-corrected chi connectivity index (χ1v) is 10.9. The fourth-order valence-electron chi connectivity index (χ4n) is 4.29. The van der Waals surface area contributed by atoms with Crippen LogP contribution in [0.4, 0.5) is 4.39 Å². The summed E-state index contributed by atoms with van der Waals surface area (Å²) in [5.74, 6) is 0.570. The molecule has 0 aliphatic carbocycles. The number of ether oxygens (including phenoxy) is 1. The van der Waals surface area contributed by atoms with Crippen molar-refractivity contribution in [2.24, 2.45) is 7.05 Å². The molecule has 0 saturated heterocycles. The zero-order chi connectivity index (χ0) is 24.1. The molecule has 0 radical (unpaired) electrons. The number of nitrogens with zero attached hydrogens (tertiary/aromatic N) is 5. The van der Waals surface area contributed by atoms with Crippen LogP contribution in [0.5, 0.6) is 5.75 Å². The highest BCUT2D eigenvalue weighted by Crippen LogP contribution is 2.33. The number of aromatic amines is 2. The highest BCUT2D eigenvalue weighted by Gasteiger charge is 2.18. The van der Waals surface area contributed by atoms with E-state index in [2.05, 4.69) is 20.3 Å². The van der Waals surface area contributed by atoms with Gasteiger partial charge in [0.25, 0.3) is 0 Å². The first kappa shape index (κ1) is 21.0. The van der Waals surface area contributed by atoms with Gasteiger partial charge < -0.3 is 14.8 Å². The van der Waals surface area contributed by atoms with Crippen LogP contribution in [0.2, 0.25) is 0 Å². The van der Waals surface area contributed by atoms with Gasteiger partial charge in [0.1, 0.15) is 17.1 Å². The third-order valence-electron chi connectivity index (χ3n) is 5.89. The van der Waals surface area contributed by atoms with Gasteiger partial charge in [-0.25, -0.2) is 14.4 Å². The molecule has 0 spiro atoms. The van der Waals surface area contributed by atoms with E-state index < -0.39 is 0 Å². The van der Waals surface area contributed by atoms with Gasteiger partial charge in [-0.3, -0.25) is 9.78 Å². The van der Waals surface area contributed by atoms with Crippen molar-refractivity contribution in [3.63, 3.8) is 0 Å². The molecule has 0 amide bonds. The number of methoxy groups -OCH3 is 1. The molecule has 2 aromatic carbocycles. The van der Waals surface area contributed by atoms with Crippen LogP contribution in [0, 0.1) is 5.82 Å². The number of aromatic nitrogens is 7. The number of para-hydroxylation sites is 1. The van der Waals surface area contributed by atoms with E-state index in [9.17, 15) is 9.50 Å². The number of fused-ring (bicyclic) bond motifs is 2. The van der Waals surface area contributed by atoms with Crippen molar-refractivity contribution in [3.05, 3.63) is 66.2 Å². The number of halogens is 1. The topological polar surface area (TPSA) is 118 Å². The van der Waals surface area contributed by atoms with E-state index in [1.165, 1.54) is 19.2 Å². The van der Waals surface area contributed by atoms with Crippen LogP contribution >= 0.6 is 0 Å². The van der Waals surface area contributed by atoms with Gasteiger partial charge in [-0.15, -0.1) is 0 Å². The number of hydrogen-bond donors (Lipinski definition) is 3. The fourth-order valence-corrected chi connectivity index (χ4v) is 4.29. The number of aliphatic hydroxyl groups excluding tert-OH is 1. The number of aryl methyl sites for hydroxylation is 1. The van der Waals surface area contributed by atoms with Crippen LogP contribution < -0.4 is 4.74 Å². The van der Waals surface area contributed by atoms with Gasteiger partial charge in [-0.05, 0) is 35.9 Å². The molecular formula is C25H20FN7O2. The predicted octanol–water partition coefficient (Wildman–Crippen LogP) is 4.21. The number of H-pyrrole nitrogens is 2. The first-order chi connectivity index (χ1) is 17.0. The number of imidazole rings is 1. The number of aliphatic hydroxyl groups is 1. The number of nitrogens with one attached hydrogen (secondary N) is 2. The summed E-state index contributed by atoms with van der Waals surface area (Å²) in [5, 5.41) is 21.4. The van der Waals surface area contributed by atoms with Crippen molar-refractivity contribution >= 4 is 22.1 Å². The summed E-state index contributed by atoms with van der Waals surface area (Å²) in [6.45, 7) is -0.189. The van der Waals surface area contributed by atoms with Gasteiger partial charge in [0.05, 0.1) is 41.7 Å². The van der Waals surface area contributed by atoms with Crippen molar-refractivity contribution in [2.75, 3.05) is 7.11 Å². The fraction of sp³-hybridized carbons (Fsp3) is 0.120. The van der Waals surface area contributed by atoms with Crippen LogP contribution in [0.3, 0.4) is 0 Å². The minimum Gasteiger partial charge on any atom is -0.497 e. The van der Waals surface area contributed by atoms with E-state index >= 15 is 0 Å². The zero-order valence-electron chi connectivity index (χ0n) is 18.9. The Balaban J connectivity index is 1.50. The Morgan fingerprint density at radius 2 is 1.91 bits per heavy atom. The van der Waals surface area contributed by atoms with Gasteiger partial charge in [-0.1, -0.05) is 12.1 Å². The molecule has 0 atom stereocenters. The molecule has 4 aromatic heterocycles. The summed E-state index contributed by atoms with van der Waals surface area (Å²) in [6, 6.07) is 14.0. The summed E-state index contributed by atoms with van der Waals surface area (Å²) < 4.78 is 21.1. The Labute approximate surface area is 198 Å². The van der Waals surface area contributed by atoms with Crippen LogP contribution in [0.1, 0.15) is 5.69 Å². The maximum atomic E-state index is 14.2. The Morgan fingerprint density at radius 1 is 1.03 bits per heavy atom. The van der Waals surface area contributed by atoms with Crippen LogP contribution in [-0.2, 0) is 13.7 Å². The van der Waals surface area contributed by atoms with E-state index in [-0.39, 0.29) is 12.4 Å². The second-order valence-corrected chi connectivity index (χ2v) is 8.15. The number of rotatable bonds is 5. The molecule has 9 nitrogen and oxygen atoms in total. The molecule has 10 heteroatoms. The van der Waals surface area contributed by atoms with E-state index in [0.29, 0.717) is 45.3 Å². The van der Waals surface area contributed by atoms with Crippen molar-refractivity contribution in [2.45, 2.75) is 6.61 Å². The molecule has 174 valence electrons. The van der Waals surface area contributed by atoms with Crippen molar-refractivity contribution < 1.29 is 14.2 Å². The lowest BCUT2D eigenvalue weighted by molar-refractivity contribution is 0.276. The van der Waals surface area contributed by atoms with Crippen LogP contribution in [0.15, 0.2) is 54.7 Å². The quantitative estimate of drug-likeness (QED) is 0.348. The average molecular weight is 469 g/mol. The molecular weight excluding hydrogens is 449 g/mol. The summed E-state index contributed by atoms with van der Waals surface area (Å²) in [6.07, 6.45) is 1.82. The largest absolute Gasteiger partial charge is 0.497 e. The SMILES string of the molecule is COc1cc(F)cc(-c2cccc3[nH]c(-c4n[nH]c5ccc(-c6cn(C)nc6CO)nc45)nc23)c1. The third-order valence-corrected chi connectivity index (χ3v) is 5.89. The minimum absolute atomic E-state index is 0.189. The molecule has 0 aliphatic heterocycles. The molecule has 0 unspecified atom stereocenters. The molecule has 0 saturated carbocycles. The predicted molar refractivity (Wildman–Crippen MR) is 129 cm³/mol. The molecule has 0 bridgehead atoms. The molecule has 0 aliphatic rings. The first-order valence-electron chi connectivity index (χ1n) is 10.9. The molecule has 3 N–H and O–H groups in total. The number of hydrogen-bond acceptors (Lipinski definition) is 6. The Morgan fingerprint density at radius 3 is 2.74 bits per heavy atom. The monoisotopic (exact) mass is 469 g/mol. The Hall–Kier alpha value is -4.57. The normalized spacial score (nSPS) is 11.5. The lowest BCUT2D eigenvalue weighted by Crippen LogP contribution is -1.92. The van der Waals surface area contributed by atoms with Crippen molar-refractivity contribution in [1.29, 1.82) is 0 Å². The van der Waals surface area contributed by atoms with Crippen molar-refractivity contribution in [3.8, 4) is 39.7 Å². The van der Waals surface area contributed by atoms with E-state index in [4.69, 9.17) is 14.7 Å².